The Morgan fingerprint density at radius 1 is 1.67 bits per heavy atom. The minimum absolute atomic E-state index is 0.0301. The Morgan fingerprint density at radius 3 is 2.89 bits per heavy atom. The van der Waals surface area contributed by atoms with Crippen LogP contribution in [0, 0.1) is 12.4 Å². The van der Waals surface area contributed by atoms with E-state index in [4.69, 9.17) is 5.11 Å². The van der Waals surface area contributed by atoms with Crippen LogP contribution in [0.4, 0.5) is 4.39 Å². The van der Waals surface area contributed by atoms with E-state index in [0.717, 1.165) is 0 Å². The van der Waals surface area contributed by atoms with Crippen molar-refractivity contribution < 1.29 is 9.50 Å². The van der Waals surface area contributed by atoms with Gasteiger partial charge in [-0.2, -0.15) is 0 Å². The third-order valence-electron chi connectivity index (χ3n) is 0.909. The predicted molar refractivity (Wildman–Crippen MR) is 29.5 cm³/mol. The molecule has 0 aliphatic heterocycles. The zero-order valence-electron chi connectivity index (χ0n) is 4.58. The van der Waals surface area contributed by atoms with Gasteiger partial charge in [-0.15, -0.1) is 0 Å². The Bertz CT molecular complexity index is 202. The van der Waals surface area contributed by atoms with Gasteiger partial charge >= 0.3 is 0 Å². The van der Waals surface area contributed by atoms with Crippen LogP contribution in [0.5, 0.6) is 0 Å². The minimum Gasteiger partial charge on any atom is -0.384 e. The van der Waals surface area contributed by atoms with Crippen molar-refractivity contribution in [3.05, 3.63) is 36.4 Å². The molecule has 0 aromatic carbocycles. The first kappa shape index (κ1) is 6.16. The molecule has 47 valence electrons. The number of rotatable bonds is 1. The zero-order chi connectivity index (χ0) is 6.69. The van der Waals surface area contributed by atoms with Gasteiger partial charge in [0.15, 0.2) is 0 Å². The zero-order valence-corrected chi connectivity index (χ0v) is 4.58. The number of pyridine rings is 1. The summed E-state index contributed by atoms with van der Waals surface area (Å²) in [5.41, 5.74) is -0.0301. The summed E-state index contributed by atoms with van der Waals surface area (Å²) in [5.74, 6) is -0.514. The molecule has 9 heavy (non-hydrogen) atoms. The highest BCUT2D eigenvalue weighted by Crippen LogP contribution is 2.01. The number of hydrogen-bond donors (Lipinski definition) is 1. The number of aliphatic hydroxyl groups is 1. The normalized spacial score (nSPS) is 9.56. The van der Waals surface area contributed by atoms with Gasteiger partial charge in [0, 0.05) is 6.20 Å². The molecule has 1 aromatic rings. The van der Waals surface area contributed by atoms with Crippen LogP contribution < -0.4 is 0 Å². The van der Waals surface area contributed by atoms with Crippen molar-refractivity contribution in [2.24, 2.45) is 0 Å². The summed E-state index contributed by atoms with van der Waals surface area (Å²) in [4.78, 5) is 3.52. The lowest BCUT2D eigenvalue weighted by Crippen LogP contribution is -1.89. The summed E-state index contributed by atoms with van der Waals surface area (Å²) in [5, 5.41) is 8.29. The van der Waals surface area contributed by atoms with E-state index in [1.54, 1.807) is 0 Å². The highest BCUT2D eigenvalue weighted by Gasteiger charge is 1.97. The molecule has 1 aromatic heterocycles. The fourth-order valence-electron chi connectivity index (χ4n) is 0.493. The summed E-state index contributed by atoms with van der Waals surface area (Å²) in [7, 11) is 0. The molecule has 0 aliphatic carbocycles. The lowest BCUT2D eigenvalue weighted by molar-refractivity contribution is 0.402. The van der Waals surface area contributed by atoms with Crippen LogP contribution in [0.25, 0.3) is 0 Å². The van der Waals surface area contributed by atoms with E-state index in [0.29, 0.717) is 6.61 Å². The number of hydrogen-bond acceptors (Lipinski definition) is 2. The molecule has 0 atom stereocenters. The monoisotopic (exact) mass is 126 g/mol. The van der Waals surface area contributed by atoms with Crippen molar-refractivity contribution in [3.8, 4) is 0 Å². The van der Waals surface area contributed by atoms with E-state index < -0.39 is 5.82 Å². The van der Waals surface area contributed by atoms with Gasteiger partial charge in [-0.1, -0.05) is 0 Å². The summed E-state index contributed by atoms with van der Waals surface area (Å²) in [6.07, 6.45) is 1.41. The lowest BCUT2D eigenvalue weighted by Gasteiger charge is -1.92. The van der Waals surface area contributed by atoms with Crippen LogP contribution in [0.15, 0.2) is 18.3 Å². The first-order chi connectivity index (χ1) is 4.34. The SMILES string of the molecule is O[CH]c1ncccc1F. The molecule has 0 aliphatic rings. The quantitative estimate of drug-likeness (QED) is 0.611. The van der Waals surface area contributed by atoms with Gasteiger partial charge in [-0.3, -0.25) is 4.98 Å². The standard InChI is InChI=1S/C6H5FNO/c7-5-2-1-3-8-6(5)4-9/h1-4,9H. The third kappa shape index (κ3) is 1.23. The molecule has 0 bridgehead atoms. The van der Waals surface area contributed by atoms with E-state index >= 15 is 0 Å². The van der Waals surface area contributed by atoms with Gasteiger partial charge in [0.2, 0.25) is 0 Å². The van der Waals surface area contributed by atoms with E-state index in [1.807, 2.05) is 0 Å². The molecule has 1 heterocycles. The summed E-state index contributed by atoms with van der Waals surface area (Å²) < 4.78 is 12.3. The van der Waals surface area contributed by atoms with Crippen LogP contribution in [0.1, 0.15) is 5.69 Å². The molecule has 0 saturated carbocycles. The van der Waals surface area contributed by atoms with E-state index in [9.17, 15) is 4.39 Å². The molecule has 0 amide bonds. The van der Waals surface area contributed by atoms with E-state index in [-0.39, 0.29) is 5.69 Å². The fraction of sp³-hybridized carbons (Fsp3) is 0. The third-order valence-corrected chi connectivity index (χ3v) is 0.909. The van der Waals surface area contributed by atoms with E-state index in [1.165, 1.54) is 18.3 Å². The molecular weight excluding hydrogens is 121 g/mol. The molecular formula is C6H5FNO. The summed E-state index contributed by atoms with van der Waals surface area (Å²) in [6, 6.07) is 2.69. The van der Waals surface area contributed by atoms with Gasteiger partial charge in [-0.05, 0) is 12.1 Å². The van der Waals surface area contributed by atoms with E-state index in [2.05, 4.69) is 4.98 Å². The molecule has 0 fully saturated rings. The second-order valence-corrected chi connectivity index (χ2v) is 1.50. The molecule has 1 radical (unpaired) electrons. The maximum atomic E-state index is 12.3. The van der Waals surface area contributed by atoms with Gasteiger partial charge in [0.1, 0.15) is 18.1 Å². The van der Waals surface area contributed by atoms with Crippen molar-refractivity contribution in [1.82, 2.24) is 4.98 Å². The first-order valence-corrected chi connectivity index (χ1v) is 2.42. The Kier molecular flexibility index (Phi) is 1.75. The fourth-order valence-corrected chi connectivity index (χ4v) is 0.493. The number of halogens is 1. The van der Waals surface area contributed by atoms with Crippen LogP contribution in [-0.4, -0.2) is 10.1 Å². The van der Waals surface area contributed by atoms with Crippen LogP contribution in [0.2, 0.25) is 0 Å². The molecule has 1 rings (SSSR count). The highest BCUT2D eigenvalue weighted by atomic mass is 19.1. The second kappa shape index (κ2) is 2.55. The van der Waals surface area contributed by atoms with Crippen molar-refractivity contribution in [2.75, 3.05) is 0 Å². The number of aromatic nitrogens is 1. The van der Waals surface area contributed by atoms with Gasteiger partial charge in [-0.25, -0.2) is 4.39 Å². The average Bonchev–Trinajstić information content (AvgIpc) is 1.89. The van der Waals surface area contributed by atoms with Crippen molar-refractivity contribution in [3.63, 3.8) is 0 Å². The van der Waals surface area contributed by atoms with Crippen LogP contribution in [0.3, 0.4) is 0 Å². The maximum absolute atomic E-state index is 12.3. The Morgan fingerprint density at radius 2 is 2.44 bits per heavy atom. The number of nitrogens with zero attached hydrogens (tertiary/aromatic N) is 1. The van der Waals surface area contributed by atoms with Crippen LogP contribution in [-0.2, 0) is 0 Å². The smallest absolute Gasteiger partial charge is 0.147 e. The highest BCUT2D eigenvalue weighted by molar-refractivity contribution is 5.11. The van der Waals surface area contributed by atoms with Gasteiger partial charge in [0.25, 0.3) is 0 Å². The molecule has 0 spiro atoms. The van der Waals surface area contributed by atoms with Crippen molar-refractivity contribution in [2.45, 2.75) is 0 Å². The average molecular weight is 126 g/mol. The van der Waals surface area contributed by atoms with Gasteiger partial charge in [0.05, 0.1) is 0 Å². The Labute approximate surface area is 52.0 Å². The maximum Gasteiger partial charge on any atom is 0.147 e. The molecule has 1 N–H and O–H groups in total. The largest absolute Gasteiger partial charge is 0.384 e. The molecule has 2 nitrogen and oxygen atoms in total. The second-order valence-electron chi connectivity index (χ2n) is 1.50. The Hall–Kier alpha value is -0.960. The number of aliphatic hydroxyl groups excluding tert-OH is 1. The first-order valence-electron chi connectivity index (χ1n) is 2.42. The molecule has 3 heteroatoms. The summed E-state index contributed by atoms with van der Waals surface area (Å²) in [6.45, 7) is 0.634. The van der Waals surface area contributed by atoms with Gasteiger partial charge < -0.3 is 5.11 Å². The minimum atomic E-state index is -0.514. The molecule has 0 saturated heterocycles. The lowest BCUT2D eigenvalue weighted by atomic mass is 10.3. The predicted octanol–water partition coefficient (Wildman–Crippen LogP) is 1.10. The Balaban J connectivity index is 3.01. The summed E-state index contributed by atoms with van der Waals surface area (Å²) >= 11 is 0. The molecule has 0 unspecified atom stereocenters. The van der Waals surface area contributed by atoms with Crippen molar-refractivity contribution >= 4 is 0 Å². The van der Waals surface area contributed by atoms with Crippen LogP contribution >= 0.6 is 0 Å². The van der Waals surface area contributed by atoms with Crippen molar-refractivity contribution in [1.29, 1.82) is 0 Å². The topological polar surface area (TPSA) is 33.1 Å².